The number of aliphatic hydroxyl groups excluding tert-OH is 1. The lowest BCUT2D eigenvalue weighted by Crippen LogP contribution is -2.36. The van der Waals surface area contributed by atoms with E-state index in [0.29, 0.717) is 31.2 Å². The van der Waals surface area contributed by atoms with Crippen LogP contribution in [0.25, 0.3) is 0 Å². The fourth-order valence-electron chi connectivity index (χ4n) is 3.37. The van der Waals surface area contributed by atoms with E-state index < -0.39 is 23.5 Å². The first-order valence-corrected chi connectivity index (χ1v) is 9.56. The molecule has 0 bridgehead atoms. The minimum absolute atomic E-state index is 0.0345. The van der Waals surface area contributed by atoms with E-state index in [1.165, 1.54) is 4.90 Å². The molecule has 0 aliphatic carbocycles. The van der Waals surface area contributed by atoms with Crippen LogP contribution in [0.5, 0.6) is 5.75 Å². The molecule has 29 heavy (non-hydrogen) atoms. The van der Waals surface area contributed by atoms with E-state index in [9.17, 15) is 14.7 Å². The molecule has 1 aliphatic rings. The van der Waals surface area contributed by atoms with Crippen molar-refractivity contribution in [1.29, 1.82) is 0 Å². The number of Topliss-reactive ketones (excluding diaryl/α,β-unsaturated/α-hetero) is 1. The molecule has 2 heterocycles. The highest BCUT2D eigenvalue weighted by molar-refractivity contribution is 6.15. The van der Waals surface area contributed by atoms with Crippen LogP contribution in [0, 0.1) is 6.92 Å². The van der Waals surface area contributed by atoms with Crippen LogP contribution < -0.4 is 4.74 Å². The van der Waals surface area contributed by atoms with Crippen molar-refractivity contribution in [1.82, 2.24) is 9.80 Å². The van der Waals surface area contributed by atoms with Gasteiger partial charge in [0.05, 0.1) is 18.2 Å². The molecule has 0 unspecified atom stereocenters. The Morgan fingerprint density at radius 2 is 1.90 bits per heavy atom. The summed E-state index contributed by atoms with van der Waals surface area (Å²) in [6.45, 7) is 5.13. The fourth-order valence-corrected chi connectivity index (χ4v) is 3.37. The normalized spacial score (nSPS) is 16.8. The Labute approximate surface area is 170 Å². The fraction of sp³-hybridized carbons (Fsp3) is 0.364. The number of rotatable bonds is 8. The minimum Gasteiger partial charge on any atom is -0.503 e. The lowest BCUT2D eigenvalue weighted by molar-refractivity contribution is -0.129. The summed E-state index contributed by atoms with van der Waals surface area (Å²) in [6, 6.07) is 9.74. The molecule has 7 nitrogen and oxygen atoms in total. The Kier molecular flexibility index (Phi) is 6.08. The average molecular weight is 398 g/mol. The summed E-state index contributed by atoms with van der Waals surface area (Å²) in [5.74, 6) is -0.195. The first-order valence-electron chi connectivity index (χ1n) is 9.56. The minimum atomic E-state index is -0.698. The van der Waals surface area contributed by atoms with Crippen LogP contribution >= 0.6 is 0 Å². The molecule has 1 aliphatic heterocycles. The van der Waals surface area contributed by atoms with Gasteiger partial charge in [0.1, 0.15) is 11.5 Å². The smallest absolute Gasteiger partial charge is 0.290 e. The number of nitrogens with zero attached hydrogens (tertiary/aromatic N) is 2. The zero-order chi connectivity index (χ0) is 21.1. The maximum absolute atomic E-state index is 13.1. The molecule has 7 heteroatoms. The molecule has 0 saturated heterocycles. The highest BCUT2D eigenvalue weighted by Gasteiger charge is 2.44. The molecule has 1 aromatic heterocycles. The molecule has 1 atom stereocenters. The zero-order valence-corrected chi connectivity index (χ0v) is 17.1. The summed E-state index contributed by atoms with van der Waals surface area (Å²) in [7, 11) is 3.80. The summed E-state index contributed by atoms with van der Waals surface area (Å²) in [5.41, 5.74) is 0.753. The maximum Gasteiger partial charge on any atom is 0.290 e. The molecule has 0 radical (unpaired) electrons. The molecule has 3 rings (SSSR count). The van der Waals surface area contributed by atoms with E-state index in [-0.39, 0.29) is 11.3 Å². The number of ether oxygens (including phenoxy) is 1. The van der Waals surface area contributed by atoms with Gasteiger partial charge in [-0.05, 0) is 57.8 Å². The Bertz CT molecular complexity index is 927. The average Bonchev–Trinajstić information content (AvgIpc) is 3.23. The van der Waals surface area contributed by atoms with E-state index >= 15 is 0 Å². The molecule has 0 spiro atoms. The highest BCUT2D eigenvalue weighted by atomic mass is 16.5. The Morgan fingerprint density at radius 1 is 1.21 bits per heavy atom. The molecule has 0 fully saturated rings. The van der Waals surface area contributed by atoms with Crippen molar-refractivity contribution in [3.63, 3.8) is 0 Å². The van der Waals surface area contributed by atoms with Gasteiger partial charge in [-0.15, -0.1) is 0 Å². The number of ketones is 1. The topological polar surface area (TPSA) is 83.2 Å². The lowest BCUT2D eigenvalue weighted by atomic mass is 9.95. The summed E-state index contributed by atoms with van der Waals surface area (Å²) in [4.78, 5) is 29.4. The van der Waals surface area contributed by atoms with Gasteiger partial charge in [0.15, 0.2) is 11.5 Å². The van der Waals surface area contributed by atoms with E-state index in [1.807, 2.05) is 38.1 Å². The van der Waals surface area contributed by atoms with Crippen molar-refractivity contribution < 1.29 is 23.8 Å². The summed E-state index contributed by atoms with van der Waals surface area (Å²) in [5, 5.41) is 10.6. The second kappa shape index (κ2) is 8.53. The standard InChI is InChI=1S/C22H26N2O5/c1-5-28-16-9-7-15(8-10-16)19-18(20(25)17-11-6-14(2)29-17)21(26)22(27)24(19)13-12-23(3)4/h6-11,19,26H,5,12-13H2,1-4H3/t19-/m0/s1. The summed E-state index contributed by atoms with van der Waals surface area (Å²) >= 11 is 0. The number of benzene rings is 1. The first kappa shape index (κ1) is 20.7. The Balaban J connectivity index is 2.02. The van der Waals surface area contributed by atoms with Crippen molar-refractivity contribution >= 4 is 11.7 Å². The second-order valence-corrected chi connectivity index (χ2v) is 7.21. The molecule has 0 saturated carbocycles. The van der Waals surface area contributed by atoms with Crippen molar-refractivity contribution in [3.8, 4) is 5.75 Å². The summed E-state index contributed by atoms with van der Waals surface area (Å²) < 4.78 is 10.9. The van der Waals surface area contributed by atoms with E-state index in [2.05, 4.69) is 0 Å². The third kappa shape index (κ3) is 4.19. The van der Waals surface area contributed by atoms with Gasteiger partial charge in [-0.25, -0.2) is 0 Å². The monoisotopic (exact) mass is 398 g/mol. The van der Waals surface area contributed by atoms with Crippen molar-refractivity contribution in [2.45, 2.75) is 19.9 Å². The number of carbonyl (C=O) groups excluding carboxylic acids is 2. The number of hydrogen-bond donors (Lipinski definition) is 1. The van der Waals surface area contributed by atoms with E-state index in [0.717, 1.165) is 5.56 Å². The third-order valence-electron chi connectivity index (χ3n) is 4.81. The number of aliphatic hydroxyl groups is 1. The number of likely N-dealkylation sites (N-methyl/N-ethyl adjacent to an activating group) is 1. The number of aryl methyl sites for hydroxylation is 1. The van der Waals surface area contributed by atoms with Crippen LogP contribution in [0.15, 0.2) is 52.1 Å². The van der Waals surface area contributed by atoms with Crippen LogP contribution in [0.2, 0.25) is 0 Å². The zero-order valence-electron chi connectivity index (χ0n) is 17.1. The summed E-state index contributed by atoms with van der Waals surface area (Å²) in [6.07, 6.45) is 0. The highest BCUT2D eigenvalue weighted by Crippen LogP contribution is 2.39. The van der Waals surface area contributed by atoms with Crippen molar-refractivity contribution in [2.24, 2.45) is 0 Å². The second-order valence-electron chi connectivity index (χ2n) is 7.21. The number of furan rings is 1. The van der Waals surface area contributed by atoms with Gasteiger partial charge in [-0.1, -0.05) is 12.1 Å². The lowest BCUT2D eigenvalue weighted by Gasteiger charge is -2.28. The molecular formula is C22H26N2O5. The van der Waals surface area contributed by atoms with Crippen molar-refractivity contribution in [2.75, 3.05) is 33.8 Å². The first-order chi connectivity index (χ1) is 13.8. The van der Waals surface area contributed by atoms with Crippen LogP contribution in [0.4, 0.5) is 0 Å². The Hall–Kier alpha value is -3.06. The predicted octanol–water partition coefficient (Wildman–Crippen LogP) is 3.13. The molecule has 2 aromatic rings. The molecule has 154 valence electrons. The maximum atomic E-state index is 13.1. The molecule has 1 aromatic carbocycles. The SMILES string of the molecule is CCOc1ccc([C@H]2C(C(=O)c3ccc(C)o3)=C(O)C(=O)N2CCN(C)C)cc1. The third-order valence-corrected chi connectivity index (χ3v) is 4.81. The van der Waals surface area contributed by atoms with Crippen LogP contribution in [0.3, 0.4) is 0 Å². The van der Waals surface area contributed by atoms with Gasteiger partial charge < -0.3 is 24.1 Å². The molecule has 1 N–H and O–H groups in total. The van der Waals surface area contributed by atoms with Crippen molar-refractivity contribution in [3.05, 3.63) is 64.8 Å². The van der Waals surface area contributed by atoms with Gasteiger partial charge in [0.25, 0.3) is 5.91 Å². The van der Waals surface area contributed by atoms with Crippen LogP contribution in [-0.4, -0.2) is 60.4 Å². The van der Waals surface area contributed by atoms with Gasteiger partial charge in [-0.2, -0.15) is 0 Å². The van der Waals surface area contributed by atoms with Gasteiger partial charge >= 0.3 is 0 Å². The van der Waals surface area contributed by atoms with Gasteiger partial charge in [0.2, 0.25) is 5.78 Å². The predicted molar refractivity (Wildman–Crippen MR) is 108 cm³/mol. The largest absolute Gasteiger partial charge is 0.503 e. The quantitative estimate of drug-likeness (QED) is 0.688. The number of hydrogen-bond acceptors (Lipinski definition) is 6. The number of carbonyl (C=O) groups is 2. The van der Waals surface area contributed by atoms with Gasteiger partial charge in [-0.3, -0.25) is 9.59 Å². The van der Waals surface area contributed by atoms with E-state index in [4.69, 9.17) is 9.15 Å². The van der Waals surface area contributed by atoms with Crippen LogP contribution in [-0.2, 0) is 4.79 Å². The molecule has 1 amide bonds. The Morgan fingerprint density at radius 3 is 2.45 bits per heavy atom. The van der Waals surface area contributed by atoms with Gasteiger partial charge in [0, 0.05) is 13.1 Å². The van der Waals surface area contributed by atoms with E-state index in [1.54, 1.807) is 31.2 Å². The number of amides is 1. The van der Waals surface area contributed by atoms with Crippen LogP contribution in [0.1, 0.15) is 34.8 Å². The molecular weight excluding hydrogens is 372 g/mol.